The molecule has 124 valence electrons. The molecular weight excluding hydrogens is 316 g/mol. The van der Waals surface area contributed by atoms with E-state index < -0.39 is 17.3 Å². The predicted octanol–water partition coefficient (Wildman–Crippen LogP) is 1.49. The molecule has 2 N–H and O–H groups in total. The van der Waals surface area contributed by atoms with Crippen LogP contribution in [0.5, 0.6) is 0 Å². The van der Waals surface area contributed by atoms with Gasteiger partial charge in [-0.25, -0.2) is 4.79 Å². The highest BCUT2D eigenvalue weighted by Crippen LogP contribution is 2.22. The summed E-state index contributed by atoms with van der Waals surface area (Å²) in [6, 6.07) is 6.81. The van der Waals surface area contributed by atoms with Crippen LogP contribution in [0, 0.1) is 6.92 Å². The lowest BCUT2D eigenvalue weighted by Gasteiger charge is -2.27. The van der Waals surface area contributed by atoms with Crippen molar-refractivity contribution in [1.29, 1.82) is 0 Å². The van der Waals surface area contributed by atoms with Gasteiger partial charge in [-0.3, -0.25) is 9.59 Å². The van der Waals surface area contributed by atoms with E-state index in [2.05, 4.69) is 10.6 Å². The molecule has 1 aliphatic heterocycles. The average molecular weight is 336 g/mol. The number of benzene rings is 1. The Morgan fingerprint density at radius 2 is 2.04 bits per heavy atom. The molecule has 1 fully saturated rings. The first kappa shape index (κ1) is 17.3. The van der Waals surface area contributed by atoms with Crippen LogP contribution in [0.1, 0.15) is 18.9 Å². The summed E-state index contributed by atoms with van der Waals surface area (Å²) in [4.78, 5) is 35.7. The van der Waals surface area contributed by atoms with E-state index in [1.165, 1.54) is 11.8 Å². The summed E-state index contributed by atoms with van der Waals surface area (Å²) in [5.41, 5.74) is 1.81. The zero-order valence-electron chi connectivity index (χ0n) is 13.1. The number of esters is 1. The maximum Gasteiger partial charge on any atom is 0.329 e. The highest BCUT2D eigenvalue weighted by molar-refractivity contribution is 8.00. The van der Waals surface area contributed by atoms with Gasteiger partial charge in [-0.1, -0.05) is 17.7 Å². The number of hydrogen-bond acceptors (Lipinski definition) is 5. The summed E-state index contributed by atoms with van der Waals surface area (Å²) in [6.45, 7) is 3.96. The molecule has 1 saturated heterocycles. The van der Waals surface area contributed by atoms with Crippen molar-refractivity contribution >= 4 is 35.2 Å². The SMILES string of the molecule is CCOC(=O)C1CSC(CC(=O)Nc2ccc(C)cc2)C(=O)N1. The molecule has 0 spiro atoms. The zero-order chi connectivity index (χ0) is 16.8. The number of rotatable bonds is 5. The first-order valence-electron chi connectivity index (χ1n) is 7.44. The highest BCUT2D eigenvalue weighted by Gasteiger charge is 2.34. The van der Waals surface area contributed by atoms with Crippen LogP contribution in [0.25, 0.3) is 0 Å². The Morgan fingerprint density at radius 3 is 2.65 bits per heavy atom. The van der Waals surface area contributed by atoms with E-state index >= 15 is 0 Å². The number of amides is 2. The van der Waals surface area contributed by atoms with E-state index in [1.54, 1.807) is 6.92 Å². The number of anilines is 1. The van der Waals surface area contributed by atoms with Gasteiger partial charge in [0.1, 0.15) is 6.04 Å². The van der Waals surface area contributed by atoms with E-state index in [0.717, 1.165) is 5.56 Å². The van der Waals surface area contributed by atoms with Crippen LogP contribution in [0.3, 0.4) is 0 Å². The second-order valence-corrected chi connectivity index (χ2v) is 6.49. The number of carbonyl (C=O) groups excluding carboxylic acids is 3. The van der Waals surface area contributed by atoms with Crippen LogP contribution in [0.15, 0.2) is 24.3 Å². The van der Waals surface area contributed by atoms with Gasteiger partial charge in [0.05, 0.1) is 11.9 Å². The van der Waals surface area contributed by atoms with Gasteiger partial charge in [-0.2, -0.15) is 0 Å². The first-order chi connectivity index (χ1) is 11.0. The van der Waals surface area contributed by atoms with Crippen molar-refractivity contribution in [3.8, 4) is 0 Å². The van der Waals surface area contributed by atoms with Crippen LogP contribution in [-0.2, 0) is 19.1 Å². The molecule has 0 bridgehead atoms. The summed E-state index contributed by atoms with van der Waals surface area (Å²) in [5, 5.41) is 4.89. The minimum Gasteiger partial charge on any atom is -0.464 e. The normalized spacial score (nSPS) is 20.5. The largest absolute Gasteiger partial charge is 0.464 e. The van der Waals surface area contributed by atoms with Crippen LogP contribution < -0.4 is 10.6 Å². The van der Waals surface area contributed by atoms with E-state index in [4.69, 9.17) is 4.74 Å². The molecule has 0 aromatic heterocycles. The fourth-order valence-electron chi connectivity index (χ4n) is 2.13. The van der Waals surface area contributed by atoms with Gasteiger partial charge in [0.15, 0.2) is 0 Å². The zero-order valence-corrected chi connectivity index (χ0v) is 13.9. The summed E-state index contributed by atoms with van der Waals surface area (Å²) in [7, 11) is 0. The molecule has 1 heterocycles. The van der Waals surface area contributed by atoms with E-state index in [0.29, 0.717) is 11.4 Å². The Balaban J connectivity index is 1.84. The van der Waals surface area contributed by atoms with Crippen molar-refractivity contribution in [2.75, 3.05) is 17.7 Å². The fraction of sp³-hybridized carbons (Fsp3) is 0.438. The van der Waals surface area contributed by atoms with Gasteiger partial charge in [0.25, 0.3) is 0 Å². The van der Waals surface area contributed by atoms with E-state index in [-0.39, 0.29) is 24.8 Å². The molecule has 2 amide bonds. The number of ether oxygens (including phenoxy) is 1. The lowest BCUT2D eigenvalue weighted by molar-refractivity contribution is -0.146. The number of carbonyl (C=O) groups is 3. The van der Waals surface area contributed by atoms with Gasteiger partial charge in [0.2, 0.25) is 11.8 Å². The quantitative estimate of drug-likeness (QED) is 0.796. The Hall–Kier alpha value is -2.02. The number of hydrogen-bond donors (Lipinski definition) is 2. The van der Waals surface area contributed by atoms with Crippen molar-refractivity contribution in [3.63, 3.8) is 0 Å². The third-order valence-electron chi connectivity index (χ3n) is 3.35. The summed E-state index contributed by atoms with van der Waals surface area (Å²) >= 11 is 1.30. The molecule has 2 rings (SSSR count). The Labute approximate surface area is 139 Å². The van der Waals surface area contributed by atoms with Gasteiger partial charge < -0.3 is 15.4 Å². The van der Waals surface area contributed by atoms with E-state index in [1.807, 2.05) is 31.2 Å². The van der Waals surface area contributed by atoms with Crippen molar-refractivity contribution in [2.24, 2.45) is 0 Å². The molecule has 1 aliphatic rings. The number of thioether (sulfide) groups is 1. The molecule has 7 heteroatoms. The molecular formula is C16H20N2O4S. The molecule has 2 atom stereocenters. The lowest BCUT2D eigenvalue weighted by atomic mass is 10.2. The topological polar surface area (TPSA) is 84.5 Å². The summed E-state index contributed by atoms with van der Waals surface area (Å²) < 4.78 is 4.89. The third-order valence-corrected chi connectivity index (χ3v) is 4.66. The van der Waals surface area contributed by atoms with Crippen LogP contribution >= 0.6 is 11.8 Å². The molecule has 2 unspecified atom stereocenters. The van der Waals surface area contributed by atoms with Crippen molar-refractivity contribution in [2.45, 2.75) is 31.6 Å². The Kier molecular flexibility index (Phi) is 6.04. The maximum atomic E-state index is 12.0. The molecule has 0 aliphatic carbocycles. The average Bonchev–Trinajstić information content (AvgIpc) is 2.52. The minimum atomic E-state index is -0.635. The van der Waals surface area contributed by atoms with Gasteiger partial charge in [-0.15, -0.1) is 11.8 Å². The van der Waals surface area contributed by atoms with Gasteiger partial charge in [-0.05, 0) is 26.0 Å². The molecule has 1 aromatic rings. The van der Waals surface area contributed by atoms with Crippen LogP contribution in [0.2, 0.25) is 0 Å². The maximum absolute atomic E-state index is 12.0. The highest BCUT2D eigenvalue weighted by atomic mass is 32.2. The molecule has 6 nitrogen and oxygen atoms in total. The van der Waals surface area contributed by atoms with Gasteiger partial charge in [0, 0.05) is 17.9 Å². The van der Waals surface area contributed by atoms with Crippen LogP contribution in [-0.4, -0.2) is 41.4 Å². The standard InChI is InChI=1S/C16H20N2O4S/c1-3-22-16(21)12-9-23-13(15(20)18-12)8-14(19)17-11-6-4-10(2)5-7-11/h4-7,12-13H,3,8-9H2,1-2H3,(H,17,19)(H,18,20). The van der Waals surface area contributed by atoms with Crippen LogP contribution in [0.4, 0.5) is 5.69 Å². The smallest absolute Gasteiger partial charge is 0.329 e. The summed E-state index contributed by atoms with van der Waals surface area (Å²) in [5.74, 6) is -0.557. The molecule has 0 radical (unpaired) electrons. The molecule has 23 heavy (non-hydrogen) atoms. The first-order valence-corrected chi connectivity index (χ1v) is 8.49. The van der Waals surface area contributed by atoms with E-state index in [9.17, 15) is 14.4 Å². The molecule has 1 aromatic carbocycles. The summed E-state index contributed by atoms with van der Waals surface area (Å²) in [6.07, 6.45) is 0.0694. The molecule has 0 saturated carbocycles. The minimum absolute atomic E-state index is 0.0694. The lowest BCUT2D eigenvalue weighted by Crippen LogP contribution is -2.51. The monoisotopic (exact) mass is 336 g/mol. The Bertz CT molecular complexity index is 588. The van der Waals surface area contributed by atoms with Gasteiger partial charge >= 0.3 is 5.97 Å². The van der Waals surface area contributed by atoms with Crippen molar-refractivity contribution in [1.82, 2.24) is 5.32 Å². The number of aryl methyl sites for hydroxylation is 1. The Morgan fingerprint density at radius 1 is 1.35 bits per heavy atom. The predicted molar refractivity (Wildman–Crippen MR) is 89.2 cm³/mol. The van der Waals surface area contributed by atoms with Crippen molar-refractivity contribution < 1.29 is 19.1 Å². The second-order valence-electron chi connectivity index (χ2n) is 5.25. The third kappa shape index (κ3) is 4.99. The second kappa shape index (κ2) is 8.01. The van der Waals surface area contributed by atoms with Crippen molar-refractivity contribution in [3.05, 3.63) is 29.8 Å². The number of nitrogens with one attached hydrogen (secondary N) is 2. The fourth-order valence-corrected chi connectivity index (χ4v) is 3.27.